The Hall–Kier alpha value is -1.82. The lowest BCUT2D eigenvalue weighted by Crippen LogP contribution is -2.46. The van der Waals surface area contributed by atoms with Crippen molar-refractivity contribution in [3.63, 3.8) is 0 Å². The van der Waals surface area contributed by atoms with Crippen LogP contribution in [0.25, 0.3) is 0 Å². The molecule has 2 aromatic rings. The molecule has 0 fully saturated rings. The molecule has 1 unspecified atom stereocenters. The van der Waals surface area contributed by atoms with Crippen LogP contribution in [0.15, 0.2) is 48.5 Å². The smallest absolute Gasteiger partial charge is 0.265 e. The summed E-state index contributed by atoms with van der Waals surface area (Å²) in [7, 11) is 0. The van der Waals surface area contributed by atoms with Gasteiger partial charge in [-0.3, -0.25) is 4.79 Å². The molecule has 0 radical (unpaired) electrons. The summed E-state index contributed by atoms with van der Waals surface area (Å²) in [4.78, 5) is 12.6. The summed E-state index contributed by atoms with van der Waals surface area (Å²) in [5, 5.41) is 2.87. The maximum Gasteiger partial charge on any atom is 0.265 e. The van der Waals surface area contributed by atoms with Gasteiger partial charge >= 0.3 is 0 Å². The largest absolute Gasteiger partial charge is 0.474 e. The van der Waals surface area contributed by atoms with E-state index in [2.05, 4.69) is 5.32 Å². The first-order valence-corrected chi connectivity index (χ1v) is 7.87. The van der Waals surface area contributed by atoms with Crippen molar-refractivity contribution in [3.8, 4) is 5.75 Å². The predicted octanol–water partition coefficient (Wildman–Crippen LogP) is 3.87. The second kappa shape index (κ2) is 9.04. The molecule has 0 saturated heterocycles. The Kier molecular flexibility index (Phi) is 7.67. The van der Waals surface area contributed by atoms with Crippen LogP contribution < -0.4 is 15.8 Å². The average molecular weight is 387 g/mol. The van der Waals surface area contributed by atoms with Crippen molar-refractivity contribution in [3.05, 3.63) is 64.9 Å². The van der Waals surface area contributed by atoms with Crippen molar-refractivity contribution in [2.45, 2.75) is 25.5 Å². The quantitative estimate of drug-likeness (QED) is 0.791. The Morgan fingerprint density at radius 2 is 1.92 bits per heavy atom. The minimum Gasteiger partial charge on any atom is -0.474 e. The monoisotopic (exact) mass is 386 g/mol. The normalized spacial score (nSPS) is 12.0. The highest BCUT2D eigenvalue weighted by molar-refractivity contribution is 6.32. The van der Waals surface area contributed by atoms with Gasteiger partial charge in [-0.25, -0.2) is 4.39 Å². The van der Waals surface area contributed by atoms with Crippen LogP contribution in [0, 0.1) is 5.82 Å². The molecular formula is C18H21Cl2FN2O2. The van der Waals surface area contributed by atoms with Crippen molar-refractivity contribution < 1.29 is 13.9 Å². The number of halogens is 3. The van der Waals surface area contributed by atoms with Crippen LogP contribution in [-0.4, -0.2) is 18.0 Å². The number of nitrogens with two attached hydrogens (primary N) is 1. The molecule has 2 aromatic carbocycles. The average Bonchev–Trinajstić information content (AvgIpc) is 2.52. The van der Waals surface area contributed by atoms with Crippen LogP contribution in [0.3, 0.4) is 0 Å². The molecule has 0 aliphatic rings. The van der Waals surface area contributed by atoms with Gasteiger partial charge in [0.15, 0.2) is 0 Å². The van der Waals surface area contributed by atoms with Crippen molar-refractivity contribution >= 4 is 29.9 Å². The molecule has 2 rings (SSSR count). The number of rotatable bonds is 6. The van der Waals surface area contributed by atoms with Crippen molar-refractivity contribution in [1.29, 1.82) is 0 Å². The number of hydrogen-bond acceptors (Lipinski definition) is 3. The highest BCUT2D eigenvalue weighted by atomic mass is 35.5. The van der Waals surface area contributed by atoms with E-state index < -0.39 is 17.5 Å². The van der Waals surface area contributed by atoms with Gasteiger partial charge in [0.25, 0.3) is 5.91 Å². The summed E-state index contributed by atoms with van der Waals surface area (Å²) in [5.41, 5.74) is 6.00. The molecule has 0 saturated carbocycles. The molecule has 7 heteroatoms. The first-order chi connectivity index (χ1) is 11.3. The maximum atomic E-state index is 13.2. The number of ether oxygens (including phenoxy) is 1. The van der Waals surface area contributed by atoms with Crippen LogP contribution in [0.4, 0.5) is 4.39 Å². The number of carbonyl (C=O) groups excluding carboxylic acids is 1. The van der Waals surface area contributed by atoms with Crippen molar-refractivity contribution in [2.24, 2.45) is 5.73 Å². The first-order valence-electron chi connectivity index (χ1n) is 7.49. The summed E-state index contributed by atoms with van der Waals surface area (Å²) in [5.74, 6) is -0.591. The van der Waals surface area contributed by atoms with Crippen LogP contribution in [0.1, 0.15) is 25.5 Å². The van der Waals surface area contributed by atoms with E-state index in [1.165, 1.54) is 12.1 Å². The summed E-state index contributed by atoms with van der Waals surface area (Å²) in [6, 6.07) is 12.8. The van der Waals surface area contributed by atoms with E-state index in [0.29, 0.717) is 5.56 Å². The number of amides is 1. The highest BCUT2D eigenvalue weighted by Gasteiger charge is 2.25. The van der Waals surface area contributed by atoms with Gasteiger partial charge in [-0.1, -0.05) is 41.9 Å². The van der Waals surface area contributed by atoms with Gasteiger partial charge in [0.1, 0.15) is 11.6 Å². The molecule has 136 valence electrons. The van der Waals surface area contributed by atoms with Crippen LogP contribution in [-0.2, 0) is 4.79 Å². The van der Waals surface area contributed by atoms with Gasteiger partial charge in [-0.05, 0) is 32.0 Å². The van der Waals surface area contributed by atoms with E-state index in [9.17, 15) is 9.18 Å². The summed E-state index contributed by atoms with van der Waals surface area (Å²) < 4.78 is 18.9. The van der Waals surface area contributed by atoms with Crippen molar-refractivity contribution in [1.82, 2.24) is 5.32 Å². The zero-order valence-electron chi connectivity index (χ0n) is 14.0. The number of hydrogen-bond donors (Lipinski definition) is 2. The molecule has 0 aliphatic carbocycles. The van der Waals surface area contributed by atoms with Gasteiger partial charge in [0.2, 0.25) is 6.10 Å². The predicted molar refractivity (Wildman–Crippen MR) is 99.7 cm³/mol. The molecule has 0 bridgehead atoms. The van der Waals surface area contributed by atoms with E-state index in [0.717, 1.165) is 6.07 Å². The molecular weight excluding hydrogens is 366 g/mol. The molecule has 0 aliphatic heterocycles. The fourth-order valence-electron chi connectivity index (χ4n) is 2.01. The van der Waals surface area contributed by atoms with Crippen molar-refractivity contribution in [2.75, 3.05) is 6.54 Å². The summed E-state index contributed by atoms with van der Waals surface area (Å²) in [6.45, 7) is 3.90. The van der Waals surface area contributed by atoms with E-state index in [1.54, 1.807) is 24.3 Å². The van der Waals surface area contributed by atoms with E-state index in [-0.39, 0.29) is 35.6 Å². The van der Waals surface area contributed by atoms with Gasteiger partial charge in [0, 0.05) is 17.6 Å². The zero-order chi connectivity index (χ0) is 17.7. The molecule has 1 amide bonds. The van der Waals surface area contributed by atoms with E-state index >= 15 is 0 Å². The van der Waals surface area contributed by atoms with Gasteiger partial charge < -0.3 is 15.8 Å². The van der Waals surface area contributed by atoms with E-state index in [1.807, 2.05) is 19.9 Å². The Morgan fingerprint density at radius 1 is 1.28 bits per heavy atom. The van der Waals surface area contributed by atoms with Gasteiger partial charge in [-0.15, -0.1) is 12.4 Å². The fourth-order valence-corrected chi connectivity index (χ4v) is 2.22. The minimum atomic E-state index is -0.920. The third-order valence-corrected chi connectivity index (χ3v) is 3.49. The minimum absolute atomic E-state index is 0. The number of nitrogens with one attached hydrogen (secondary N) is 1. The fraction of sp³-hybridized carbons (Fsp3) is 0.278. The second-order valence-electron chi connectivity index (χ2n) is 6.19. The van der Waals surface area contributed by atoms with Crippen LogP contribution in [0.5, 0.6) is 5.75 Å². The highest BCUT2D eigenvalue weighted by Crippen LogP contribution is 2.30. The molecule has 1 atom stereocenters. The lowest BCUT2D eigenvalue weighted by Gasteiger charge is -2.23. The molecule has 0 aromatic heterocycles. The first kappa shape index (κ1) is 21.2. The molecule has 0 spiro atoms. The number of benzene rings is 2. The third-order valence-electron chi connectivity index (χ3n) is 3.20. The Labute approximate surface area is 157 Å². The maximum absolute atomic E-state index is 13.2. The lowest BCUT2D eigenvalue weighted by atomic mass is 10.1. The zero-order valence-corrected chi connectivity index (χ0v) is 15.5. The van der Waals surface area contributed by atoms with Crippen LogP contribution >= 0.6 is 24.0 Å². The van der Waals surface area contributed by atoms with Gasteiger partial charge in [-0.2, -0.15) is 0 Å². The topological polar surface area (TPSA) is 64.3 Å². The van der Waals surface area contributed by atoms with Crippen LogP contribution in [0.2, 0.25) is 5.02 Å². The molecule has 3 N–H and O–H groups in total. The Morgan fingerprint density at radius 3 is 2.48 bits per heavy atom. The summed E-state index contributed by atoms with van der Waals surface area (Å²) in [6.07, 6.45) is -0.920. The second-order valence-corrected chi connectivity index (χ2v) is 6.60. The molecule has 4 nitrogen and oxygen atoms in total. The third kappa shape index (κ3) is 6.53. The SMILES string of the molecule is CC(C)(N)CNC(=O)C(Oc1ccc(F)cc1Cl)c1ccccc1.Cl. The standard InChI is InChI=1S/C18H20ClFN2O2.ClH/c1-18(2,21)11-22-17(23)16(12-6-4-3-5-7-12)24-15-9-8-13(20)10-14(15)19;/h3-10,16H,11,21H2,1-2H3,(H,22,23);1H. The lowest BCUT2D eigenvalue weighted by molar-refractivity contribution is -0.128. The number of carbonyl (C=O) groups is 1. The van der Waals surface area contributed by atoms with Gasteiger partial charge in [0.05, 0.1) is 5.02 Å². The Bertz CT molecular complexity index is 706. The van der Waals surface area contributed by atoms with E-state index in [4.69, 9.17) is 22.1 Å². The molecule has 0 heterocycles. The summed E-state index contributed by atoms with van der Waals surface area (Å²) >= 11 is 6.00. The molecule has 25 heavy (non-hydrogen) atoms. The Balaban J connectivity index is 0.00000312.